The molecule has 0 heterocycles. The minimum Gasteiger partial charge on any atom is -0.484 e. The third-order valence-corrected chi connectivity index (χ3v) is 5.41. The first-order chi connectivity index (χ1) is 16.3. The van der Waals surface area contributed by atoms with Gasteiger partial charge in [-0.05, 0) is 55.7 Å². The summed E-state index contributed by atoms with van der Waals surface area (Å²) in [6.07, 6.45) is 0.344. The van der Waals surface area contributed by atoms with Crippen LogP contribution in [-0.2, 0) is 22.6 Å². The summed E-state index contributed by atoms with van der Waals surface area (Å²) in [4.78, 5) is 28.3. The van der Waals surface area contributed by atoms with Crippen LogP contribution in [0.1, 0.15) is 30.5 Å². The number of benzene rings is 3. The van der Waals surface area contributed by atoms with Crippen molar-refractivity contribution in [2.75, 3.05) is 6.61 Å². The van der Waals surface area contributed by atoms with E-state index in [0.717, 1.165) is 16.7 Å². The first kappa shape index (κ1) is 25.0. The summed E-state index contributed by atoms with van der Waals surface area (Å²) in [5, 5.41) is 2.94. The monoisotopic (exact) mass is 462 g/mol. The van der Waals surface area contributed by atoms with E-state index in [1.54, 1.807) is 18.2 Å². The van der Waals surface area contributed by atoms with Crippen LogP contribution in [0.15, 0.2) is 78.9 Å². The van der Waals surface area contributed by atoms with E-state index in [4.69, 9.17) is 4.74 Å². The number of para-hydroxylation sites is 1. The van der Waals surface area contributed by atoms with Crippen LogP contribution in [0, 0.1) is 12.7 Å². The highest BCUT2D eigenvalue weighted by molar-refractivity contribution is 5.88. The lowest BCUT2D eigenvalue weighted by Gasteiger charge is -2.32. The number of rotatable bonds is 10. The number of halogens is 1. The lowest BCUT2D eigenvalue weighted by Crippen LogP contribution is -2.52. The van der Waals surface area contributed by atoms with Gasteiger partial charge in [0, 0.05) is 19.0 Å². The molecule has 1 N–H and O–H groups in total. The highest BCUT2D eigenvalue weighted by Gasteiger charge is 2.31. The van der Waals surface area contributed by atoms with Crippen molar-refractivity contribution < 1.29 is 18.7 Å². The van der Waals surface area contributed by atoms with Crippen molar-refractivity contribution in [3.63, 3.8) is 0 Å². The molecule has 0 radical (unpaired) electrons. The molecule has 34 heavy (non-hydrogen) atoms. The van der Waals surface area contributed by atoms with Gasteiger partial charge in [0.05, 0.1) is 0 Å². The van der Waals surface area contributed by atoms with Crippen LogP contribution in [0.25, 0.3) is 0 Å². The summed E-state index contributed by atoms with van der Waals surface area (Å²) >= 11 is 0. The maximum absolute atomic E-state index is 13.5. The molecule has 1 unspecified atom stereocenters. The molecule has 0 fully saturated rings. The van der Waals surface area contributed by atoms with Crippen molar-refractivity contribution in [1.82, 2.24) is 10.2 Å². The molecule has 0 saturated carbocycles. The molecule has 0 saturated heterocycles. The topological polar surface area (TPSA) is 58.6 Å². The van der Waals surface area contributed by atoms with Crippen molar-refractivity contribution in [2.24, 2.45) is 0 Å². The van der Waals surface area contributed by atoms with E-state index in [2.05, 4.69) is 5.32 Å². The van der Waals surface area contributed by atoms with Crippen molar-refractivity contribution in [1.29, 1.82) is 0 Å². The van der Waals surface area contributed by atoms with Gasteiger partial charge in [-0.2, -0.15) is 0 Å². The molecule has 3 aromatic rings. The highest BCUT2D eigenvalue weighted by atomic mass is 19.1. The van der Waals surface area contributed by atoms with Gasteiger partial charge >= 0.3 is 0 Å². The average Bonchev–Trinajstić information content (AvgIpc) is 2.82. The van der Waals surface area contributed by atoms with Crippen molar-refractivity contribution in [3.05, 3.63) is 101 Å². The molecule has 5 nitrogen and oxygen atoms in total. The van der Waals surface area contributed by atoms with Crippen LogP contribution in [0.5, 0.6) is 5.75 Å². The maximum atomic E-state index is 13.5. The van der Waals surface area contributed by atoms with E-state index in [0.29, 0.717) is 12.2 Å². The third kappa shape index (κ3) is 7.17. The van der Waals surface area contributed by atoms with Crippen LogP contribution >= 0.6 is 0 Å². The van der Waals surface area contributed by atoms with Gasteiger partial charge in [-0.3, -0.25) is 9.59 Å². The first-order valence-corrected chi connectivity index (χ1v) is 11.4. The number of ether oxygens (including phenoxy) is 1. The second-order valence-electron chi connectivity index (χ2n) is 8.57. The Balaban J connectivity index is 1.91. The maximum Gasteiger partial charge on any atom is 0.261 e. The van der Waals surface area contributed by atoms with Crippen molar-refractivity contribution in [3.8, 4) is 5.75 Å². The predicted molar refractivity (Wildman–Crippen MR) is 131 cm³/mol. The van der Waals surface area contributed by atoms with Crippen LogP contribution < -0.4 is 10.1 Å². The first-order valence-electron chi connectivity index (χ1n) is 11.4. The van der Waals surface area contributed by atoms with Crippen molar-refractivity contribution >= 4 is 11.8 Å². The largest absolute Gasteiger partial charge is 0.484 e. The van der Waals surface area contributed by atoms with Crippen LogP contribution in [0.2, 0.25) is 0 Å². The normalized spacial score (nSPS) is 11.7. The minimum atomic E-state index is -0.761. The summed E-state index contributed by atoms with van der Waals surface area (Å²) in [6.45, 7) is 5.60. The van der Waals surface area contributed by atoms with Gasteiger partial charge in [0.1, 0.15) is 17.6 Å². The Hall–Kier alpha value is -3.67. The summed E-state index contributed by atoms with van der Waals surface area (Å²) in [5.74, 6) is -0.315. The molecule has 0 spiro atoms. The Morgan fingerprint density at radius 3 is 2.21 bits per heavy atom. The van der Waals surface area contributed by atoms with E-state index in [1.165, 1.54) is 17.0 Å². The SMILES string of the molecule is Cc1ccccc1OCC(=O)N(Cc1ccc(F)cc1)C(Cc1ccccc1)C(=O)NC(C)C. The van der Waals surface area contributed by atoms with Gasteiger partial charge < -0.3 is 15.0 Å². The van der Waals surface area contributed by atoms with Gasteiger partial charge in [-0.25, -0.2) is 4.39 Å². The lowest BCUT2D eigenvalue weighted by molar-refractivity contribution is -0.143. The Bertz CT molecular complexity index is 1080. The number of nitrogens with zero attached hydrogens (tertiary/aromatic N) is 1. The van der Waals surface area contributed by atoms with E-state index in [9.17, 15) is 14.0 Å². The second-order valence-corrected chi connectivity index (χ2v) is 8.57. The van der Waals surface area contributed by atoms with E-state index in [-0.39, 0.29) is 36.8 Å². The molecule has 2 amide bonds. The standard InChI is InChI=1S/C28H31FN2O3/c1-20(2)30-28(33)25(17-22-10-5-4-6-11-22)31(18-23-13-15-24(29)16-14-23)27(32)19-34-26-12-8-7-9-21(26)3/h4-16,20,25H,17-19H2,1-3H3,(H,30,33). The Labute approximate surface area is 200 Å². The number of aryl methyl sites for hydroxylation is 1. The Morgan fingerprint density at radius 2 is 1.56 bits per heavy atom. The molecule has 0 aromatic heterocycles. The Kier molecular flexibility index (Phi) is 8.79. The molecule has 1 atom stereocenters. The molecule has 178 valence electrons. The van der Waals surface area contributed by atoms with Crippen LogP contribution in [0.4, 0.5) is 4.39 Å². The van der Waals surface area contributed by atoms with Gasteiger partial charge in [0.25, 0.3) is 5.91 Å². The molecule has 3 aromatic carbocycles. The molecular formula is C28H31FN2O3. The molecule has 0 bridgehead atoms. The molecule has 6 heteroatoms. The quantitative estimate of drug-likeness (QED) is 0.476. The smallest absolute Gasteiger partial charge is 0.261 e. The highest BCUT2D eigenvalue weighted by Crippen LogP contribution is 2.19. The summed E-state index contributed by atoms with van der Waals surface area (Å²) < 4.78 is 19.3. The molecule has 0 aliphatic rings. The zero-order valence-electron chi connectivity index (χ0n) is 19.8. The predicted octanol–water partition coefficient (Wildman–Crippen LogP) is 4.68. The minimum absolute atomic E-state index is 0.0863. The Morgan fingerprint density at radius 1 is 0.912 bits per heavy atom. The van der Waals surface area contributed by atoms with E-state index >= 15 is 0 Å². The van der Waals surface area contributed by atoms with Crippen LogP contribution in [0.3, 0.4) is 0 Å². The fraction of sp³-hybridized carbons (Fsp3) is 0.286. The fourth-order valence-electron chi connectivity index (χ4n) is 3.66. The summed E-state index contributed by atoms with van der Waals surface area (Å²) in [7, 11) is 0. The number of nitrogens with one attached hydrogen (secondary N) is 1. The average molecular weight is 463 g/mol. The number of amides is 2. The number of carbonyl (C=O) groups excluding carboxylic acids is 2. The van der Waals surface area contributed by atoms with Crippen molar-refractivity contribution in [2.45, 2.75) is 45.8 Å². The number of carbonyl (C=O) groups is 2. The zero-order valence-corrected chi connectivity index (χ0v) is 19.8. The number of hydrogen-bond acceptors (Lipinski definition) is 3. The van der Waals surface area contributed by atoms with Gasteiger partial charge in [0.15, 0.2) is 6.61 Å². The molecule has 0 aliphatic heterocycles. The third-order valence-electron chi connectivity index (χ3n) is 5.41. The molecular weight excluding hydrogens is 431 g/mol. The lowest BCUT2D eigenvalue weighted by atomic mass is 10.0. The van der Waals surface area contributed by atoms with Gasteiger partial charge in [-0.1, -0.05) is 60.7 Å². The number of hydrogen-bond donors (Lipinski definition) is 1. The fourth-order valence-corrected chi connectivity index (χ4v) is 3.66. The summed E-state index contributed by atoms with van der Waals surface area (Å²) in [6, 6.07) is 22.1. The second kappa shape index (κ2) is 12.0. The van der Waals surface area contributed by atoms with Gasteiger partial charge in [-0.15, -0.1) is 0 Å². The van der Waals surface area contributed by atoms with Gasteiger partial charge in [0.2, 0.25) is 5.91 Å². The summed E-state index contributed by atoms with van der Waals surface area (Å²) in [5.41, 5.74) is 2.57. The van der Waals surface area contributed by atoms with Crippen LogP contribution in [-0.4, -0.2) is 35.4 Å². The molecule has 3 rings (SSSR count). The van der Waals surface area contributed by atoms with E-state index in [1.807, 2.05) is 69.3 Å². The van der Waals surface area contributed by atoms with E-state index < -0.39 is 6.04 Å². The zero-order chi connectivity index (χ0) is 24.5. The molecule has 0 aliphatic carbocycles.